The Labute approximate surface area is 188 Å². The number of hydrogen-bond donors (Lipinski definition) is 0. The number of fused-ring (bicyclic) bond motifs is 1. The van der Waals surface area contributed by atoms with Crippen molar-refractivity contribution in [2.75, 3.05) is 7.11 Å². The van der Waals surface area contributed by atoms with Crippen LogP contribution < -0.4 is 4.74 Å². The van der Waals surface area contributed by atoms with Crippen molar-refractivity contribution in [3.05, 3.63) is 60.4 Å². The van der Waals surface area contributed by atoms with Crippen LogP contribution in [0.25, 0.3) is 20.8 Å². The number of benzene rings is 1. The summed E-state index contributed by atoms with van der Waals surface area (Å²) >= 11 is 1.49. The summed E-state index contributed by atoms with van der Waals surface area (Å²) in [6, 6.07) is 8.39. The van der Waals surface area contributed by atoms with Crippen LogP contribution in [0.1, 0.15) is 24.8 Å². The van der Waals surface area contributed by atoms with Gasteiger partial charge in [-0.2, -0.15) is 0 Å². The standard InChI is InChI=1S/C24H22FN3O3S/c1-30-14-28-12-20(27-13-28)23-11-19-24(32-23)22(6-7-26-19)31-21-5-4-16(10-18(21)25)9-17(29)8-15-2-3-15/h4-7,10-13,15H,2-3,8-9,14H2,1H3. The van der Waals surface area contributed by atoms with Gasteiger partial charge >= 0.3 is 0 Å². The molecule has 0 aliphatic heterocycles. The van der Waals surface area contributed by atoms with Crippen molar-refractivity contribution in [3.63, 3.8) is 0 Å². The van der Waals surface area contributed by atoms with Crippen molar-refractivity contribution in [2.45, 2.75) is 32.4 Å². The number of ether oxygens (including phenoxy) is 2. The van der Waals surface area contributed by atoms with Gasteiger partial charge < -0.3 is 14.0 Å². The molecule has 164 valence electrons. The highest BCUT2D eigenvalue weighted by atomic mass is 32.1. The van der Waals surface area contributed by atoms with E-state index >= 15 is 0 Å². The van der Waals surface area contributed by atoms with Crippen LogP contribution in [-0.2, 0) is 22.7 Å². The molecule has 0 bridgehead atoms. The predicted molar refractivity (Wildman–Crippen MR) is 120 cm³/mol. The number of ketones is 1. The average molecular weight is 452 g/mol. The molecule has 1 aromatic carbocycles. The van der Waals surface area contributed by atoms with E-state index in [0.717, 1.165) is 33.6 Å². The lowest BCUT2D eigenvalue weighted by molar-refractivity contribution is -0.118. The monoisotopic (exact) mass is 451 g/mol. The molecule has 4 aromatic rings. The number of methoxy groups -OCH3 is 1. The molecule has 6 nitrogen and oxygen atoms in total. The Morgan fingerprint density at radius 1 is 1.22 bits per heavy atom. The number of carbonyl (C=O) groups excluding carboxylic acids is 1. The van der Waals surface area contributed by atoms with Crippen molar-refractivity contribution in [1.82, 2.24) is 14.5 Å². The highest BCUT2D eigenvalue weighted by Gasteiger charge is 2.24. The minimum atomic E-state index is -0.484. The number of nitrogens with zero attached hydrogens (tertiary/aromatic N) is 3. The van der Waals surface area contributed by atoms with E-state index in [1.807, 2.05) is 16.8 Å². The number of aromatic nitrogens is 3. The number of hydrogen-bond acceptors (Lipinski definition) is 6. The minimum absolute atomic E-state index is 0.121. The van der Waals surface area contributed by atoms with Crippen molar-refractivity contribution < 1.29 is 18.7 Å². The fourth-order valence-electron chi connectivity index (χ4n) is 3.63. The zero-order valence-electron chi connectivity index (χ0n) is 17.6. The first-order valence-corrected chi connectivity index (χ1v) is 11.3. The van der Waals surface area contributed by atoms with Crippen LogP contribution in [-0.4, -0.2) is 27.4 Å². The van der Waals surface area contributed by atoms with Crippen LogP contribution in [0.15, 0.2) is 49.1 Å². The van der Waals surface area contributed by atoms with Gasteiger partial charge in [0.1, 0.15) is 18.3 Å². The Morgan fingerprint density at radius 3 is 2.88 bits per heavy atom. The maximum Gasteiger partial charge on any atom is 0.166 e. The van der Waals surface area contributed by atoms with Crippen LogP contribution in [0.2, 0.25) is 0 Å². The van der Waals surface area contributed by atoms with Gasteiger partial charge in [0.05, 0.1) is 27.1 Å². The molecule has 1 aliphatic rings. The van der Waals surface area contributed by atoms with Gasteiger partial charge in [-0.3, -0.25) is 9.78 Å². The fraction of sp³-hybridized carbons (Fsp3) is 0.292. The topological polar surface area (TPSA) is 66.2 Å². The van der Waals surface area contributed by atoms with E-state index in [9.17, 15) is 9.18 Å². The molecule has 1 aliphatic carbocycles. The van der Waals surface area contributed by atoms with Crippen LogP contribution >= 0.6 is 11.3 Å². The maximum atomic E-state index is 14.7. The number of halogens is 1. The van der Waals surface area contributed by atoms with Crippen LogP contribution in [0.5, 0.6) is 11.5 Å². The Kier molecular flexibility index (Phi) is 5.71. The highest BCUT2D eigenvalue weighted by Crippen LogP contribution is 2.39. The molecule has 0 atom stereocenters. The SMILES string of the molecule is COCn1cnc(-c2cc3nccc(Oc4ccc(CC(=O)CC5CC5)cc4F)c3s2)c1. The second-order valence-electron chi connectivity index (χ2n) is 8.05. The number of Topliss-reactive ketones (excluding diaryl/α,β-unsaturated/α-hetero) is 1. The number of thiophene rings is 1. The summed E-state index contributed by atoms with van der Waals surface area (Å²) in [4.78, 5) is 21.8. The van der Waals surface area contributed by atoms with E-state index in [2.05, 4.69) is 9.97 Å². The van der Waals surface area contributed by atoms with Crippen LogP contribution in [0, 0.1) is 11.7 Å². The lowest BCUT2D eigenvalue weighted by Crippen LogP contribution is -2.04. The Balaban J connectivity index is 1.36. The quantitative estimate of drug-likeness (QED) is 0.331. The first kappa shape index (κ1) is 20.8. The first-order chi connectivity index (χ1) is 15.6. The molecule has 3 heterocycles. The van der Waals surface area contributed by atoms with Crippen molar-refractivity contribution >= 4 is 27.3 Å². The van der Waals surface area contributed by atoms with Crippen molar-refractivity contribution in [1.29, 1.82) is 0 Å². The largest absolute Gasteiger partial charge is 0.453 e. The van der Waals surface area contributed by atoms with Crippen molar-refractivity contribution in [2.24, 2.45) is 5.92 Å². The molecule has 3 aromatic heterocycles. The number of carbonyl (C=O) groups is 1. The van der Waals surface area contributed by atoms with Gasteiger partial charge in [0, 0.05) is 38.4 Å². The Morgan fingerprint density at radius 2 is 2.09 bits per heavy atom. The fourth-order valence-corrected chi connectivity index (χ4v) is 4.65. The molecule has 0 radical (unpaired) electrons. The number of rotatable bonds is 9. The summed E-state index contributed by atoms with van der Waals surface area (Å²) in [5, 5.41) is 0. The number of pyridine rings is 1. The second-order valence-corrected chi connectivity index (χ2v) is 9.11. The van der Waals surface area contributed by atoms with Crippen LogP contribution in [0.3, 0.4) is 0 Å². The molecule has 32 heavy (non-hydrogen) atoms. The molecule has 0 spiro atoms. The molecule has 0 unspecified atom stereocenters. The van der Waals surface area contributed by atoms with E-state index in [1.54, 1.807) is 37.8 Å². The molecule has 1 fully saturated rings. The molecule has 5 rings (SSSR count). The van der Waals surface area contributed by atoms with Crippen LogP contribution in [0.4, 0.5) is 4.39 Å². The summed E-state index contributed by atoms with van der Waals surface area (Å²) in [7, 11) is 1.63. The second kappa shape index (κ2) is 8.80. The highest BCUT2D eigenvalue weighted by molar-refractivity contribution is 7.22. The maximum absolute atomic E-state index is 14.7. The molecular formula is C24H22FN3O3S. The minimum Gasteiger partial charge on any atom is -0.453 e. The van der Waals surface area contributed by atoms with E-state index in [0.29, 0.717) is 30.4 Å². The van der Waals surface area contributed by atoms with Gasteiger partial charge in [-0.1, -0.05) is 6.07 Å². The summed E-state index contributed by atoms with van der Waals surface area (Å²) in [5.41, 5.74) is 2.24. The molecule has 0 saturated heterocycles. The zero-order valence-corrected chi connectivity index (χ0v) is 18.4. The average Bonchev–Trinajstić information content (AvgIpc) is 3.27. The van der Waals surface area contributed by atoms with Gasteiger partial charge in [-0.05, 0) is 42.5 Å². The summed E-state index contributed by atoms with van der Waals surface area (Å²) < 4.78 is 28.4. The summed E-state index contributed by atoms with van der Waals surface area (Å²) in [6.07, 6.45) is 8.37. The molecule has 8 heteroatoms. The zero-order chi connectivity index (χ0) is 22.1. The van der Waals surface area contributed by atoms with Crippen molar-refractivity contribution in [3.8, 4) is 22.1 Å². The summed E-state index contributed by atoms with van der Waals surface area (Å²) in [5.74, 6) is 0.861. The third-order valence-electron chi connectivity index (χ3n) is 5.37. The third kappa shape index (κ3) is 4.56. The third-order valence-corrected chi connectivity index (χ3v) is 6.53. The molecular weight excluding hydrogens is 429 g/mol. The lowest BCUT2D eigenvalue weighted by Gasteiger charge is -2.09. The predicted octanol–water partition coefficient (Wildman–Crippen LogP) is 5.61. The van der Waals surface area contributed by atoms with E-state index < -0.39 is 5.82 Å². The molecule has 1 saturated carbocycles. The Hall–Kier alpha value is -3.10. The van der Waals surface area contributed by atoms with Gasteiger partial charge in [0.15, 0.2) is 11.6 Å². The molecule has 0 N–H and O–H groups in total. The van der Waals surface area contributed by atoms with Gasteiger partial charge in [-0.15, -0.1) is 11.3 Å². The lowest BCUT2D eigenvalue weighted by atomic mass is 10.0. The van der Waals surface area contributed by atoms with E-state index in [4.69, 9.17) is 9.47 Å². The van der Waals surface area contributed by atoms with Gasteiger partial charge in [-0.25, -0.2) is 9.37 Å². The van der Waals surface area contributed by atoms with E-state index in [-0.39, 0.29) is 18.0 Å². The van der Waals surface area contributed by atoms with Gasteiger partial charge in [0.2, 0.25) is 0 Å². The number of imidazole rings is 1. The normalized spacial score (nSPS) is 13.6. The van der Waals surface area contributed by atoms with E-state index in [1.165, 1.54) is 17.4 Å². The summed E-state index contributed by atoms with van der Waals surface area (Å²) in [6.45, 7) is 0.423. The Bertz CT molecular complexity index is 1280. The first-order valence-electron chi connectivity index (χ1n) is 10.5. The van der Waals surface area contributed by atoms with Gasteiger partial charge in [0.25, 0.3) is 0 Å². The smallest absolute Gasteiger partial charge is 0.166 e. The molecule has 0 amide bonds.